The Morgan fingerprint density at radius 2 is 2.38 bits per heavy atom. The molecule has 0 bridgehead atoms. The smallest absolute Gasteiger partial charge is 0.320 e. The molecule has 2 amide bonds. The van der Waals surface area contributed by atoms with E-state index in [1.165, 1.54) is 6.42 Å². The molecule has 2 aromatic heterocycles. The van der Waals surface area contributed by atoms with E-state index in [9.17, 15) is 4.79 Å². The monoisotopic (exact) mass is 345 g/mol. The molecule has 6 nitrogen and oxygen atoms in total. The summed E-state index contributed by atoms with van der Waals surface area (Å²) in [6, 6.07) is 1.64. The summed E-state index contributed by atoms with van der Waals surface area (Å²) in [5.74, 6) is 1.33. The van der Waals surface area contributed by atoms with E-state index in [2.05, 4.69) is 32.9 Å². The number of nitrogens with zero attached hydrogens (tertiary/aromatic N) is 3. The van der Waals surface area contributed by atoms with Crippen LogP contribution in [0.4, 0.5) is 10.6 Å². The van der Waals surface area contributed by atoms with Crippen LogP contribution in [0, 0.1) is 12.8 Å². The Morgan fingerprint density at radius 3 is 3.12 bits per heavy atom. The number of thiazole rings is 1. The number of aryl methyl sites for hydroxylation is 1. The average Bonchev–Trinajstić information content (AvgIpc) is 3.18. The lowest BCUT2D eigenvalue weighted by molar-refractivity contribution is 0.252. The van der Waals surface area contributed by atoms with E-state index in [1.807, 2.05) is 23.1 Å². The molecule has 0 spiro atoms. The predicted molar refractivity (Wildman–Crippen MR) is 96.3 cm³/mol. The highest BCUT2D eigenvalue weighted by Crippen LogP contribution is 2.21. The first-order valence-electron chi connectivity index (χ1n) is 8.33. The van der Waals surface area contributed by atoms with E-state index < -0.39 is 0 Å². The number of carbonyl (C=O) groups is 1. The summed E-state index contributed by atoms with van der Waals surface area (Å²) in [6.07, 6.45) is 10.3. The van der Waals surface area contributed by atoms with E-state index in [1.54, 1.807) is 17.5 Å². The second-order valence-corrected chi connectivity index (χ2v) is 7.01. The Labute approximate surface area is 146 Å². The first kappa shape index (κ1) is 16.7. The van der Waals surface area contributed by atoms with Crippen LogP contribution < -0.4 is 10.6 Å². The molecule has 0 aromatic carbocycles. The van der Waals surface area contributed by atoms with Gasteiger partial charge in [0, 0.05) is 36.7 Å². The van der Waals surface area contributed by atoms with Gasteiger partial charge in [0.1, 0.15) is 5.82 Å². The van der Waals surface area contributed by atoms with Crippen molar-refractivity contribution >= 4 is 23.2 Å². The van der Waals surface area contributed by atoms with Crippen molar-refractivity contribution in [2.24, 2.45) is 5.92 Å². The highest BCUT2D eigenvalue weighted by molar-refractivity contribution is 7.09. The second kappa shape index (κ2) is 8.10. The van der Waals surface area contributed by atoms with Crippen molar-refractivity contribution < 1.29 is 4.79 Å². The normalized spacial score (nSPS) is 17.0. The maximum Gasteiger partial charge on any atom is 0.320 e. The Bertz CT molecular complexity index is 705. The maximum atomic E-state index is 12.1. The summed E-state index contributed by atoms with van der Waals surface area (Å²) in [5.41, 5.74) is 1.03. The molecular weight excluding hydrogens is 322 g/mol. The van der Waals surface area contributed by atoms with Gasteiger partial charge in [0.15, 0.2) is 0 Å². The van der Waals surface area contributed by atoms with Gasteiger partial charge in [-0.25, -0.2) is 14.5 Å². The van der Waals surface area contributed by atoms with Gasteiger partial charge in [0.2, 0.25) is 0 Å². The van der Waals surface area contributed by atoms with E-state index >= 15 is 0 Å². The molecule has 3 rings (SSSR count). The van der Waals surface area contributed by atoms with Crippen LogP contribution >= 0.6 is 11.3 Å². The molecule has 0 unspecified atom stereocenters. The van der Waals surface area contributed by atoms with Crippen molar-refractivity contribution in [1.29, 1.82) is 0 Å². The minimum Gasteiger partial charge on any atom is -0.337 e. The van der Waals surface area contributed by atoms with Crippen LogP contribution in [0.3, 0.4) is 0 Å². The van der Waals surface area contributed by atoms with Crippen molar-refractivity contribution in [3.8, 4) is 0 Å². The standard InChI is InChI=1S/C17H23N5OS/c1-13-12-24-16(20-13)8-9-18-17(23)21-15-7-10-19-22(15)11-14-5-3-2-4-6-14/h2-3,7,10,12,14H,4-6,8-9,11H2,1H3,(H2,18,21,23)/t14-/m0/s1. The molecule has 0 radical (unpaired) electrons. The molecule has 0 saturated carbocycles. The quantitative estimate of drug-likeness (QED) is 0.789. The van der Waals surface area contributed by atoms with Crippen LogP contribution in [0.2, 0.25) is 0 Å². The molecule has 1 aliphatic carbocycles. The second-order valence-electron chi connectivity index (χ2n) is 6.06. The summed E-state index contributed by atoms with van der Waals surface area (Å²) in [7, 11) is 0. The van der Waals surface area contributed by atoms with Crippen LogP contribution in [0.15, 0.2) is 29.8 Å². The van der Waals surface area contributed by atoms with E-state index in [4.69, 9.17) is 0 Å². The molecular formula is C17H23N5OS. The fourth-order valence-corrected chi connectivity index (χ4v) is 3.59. The Kier molecular flexibility index (Phi) is 5.63. The molecule has 128 valence electrons. The Hall–Kier alpha value is -2.15. The number of amides is 2. The molecule has 2 N–H and O–H groups in total. The fourth-order valence-electron chi connectivity index (χ4n) is 2.81. The number of carbonyl (C=O) groups excluding carboxylic acids is 1. The summed E-state index contributed by atoms with van der Waals surface area (Å²) < 4.78 is 1.88. The van der Waals surface area contributed by atoms with Gasteiger partial charge in [-0.15, -0.1) is 11.3 Å². The van der Waals surface area contributed by atoms with Gasteiger partial charge in [-0.05, 0) is 32.1 Å². The van der Waals surface area contributed by atoms with Crippen LogP contribution in [0.25, 0.3) is 0 Å². The van der Waals surface area contributed by atoms with Crippen LogP contribution in [0.1, 0.15) is 30.0 Å². The van der Waals surface area contributed by atoms with Gasteiger partial charge in [0.25, 0.3) is 0 Å². The average molecular weight is 345 g/mol. The first-order chi connectivity index (χ1) is 11.7. The molecule has 2 aromatic rings. The summed E-state index contributed by atoms with van der Waals surface area (Å²) in [4.78, 5) is 16.4. The first-order valence-corrected chi connectivity index (χ1v) is 9.21. The SMILES string of the molecule is Cc1csc(CCNC(=O)Nc2ccnn2C[C@H]2CC=CCC2)n1. The number of allylic oxidation sites excluding steroid dienone is 2. The lowest BCUT2D eigenvalue weighted by Crippen LogP contribution is -2.31. The molecule has 2 heterocycles. The zero-order valence-electron chi connectivity index (χ0n) is 13.9. The van der Waals surface area contributed by atoms with Crippen LogP contribution in [0.5, 0.6) is 0 Å². The van der Waals surface area contributed by atoms with Crippen molar-refractivity contribution in [2.45, 2.75) is 39.2 Å². The topological polar surface area (TPSA) is 71.8 Å². The molecule has 1 atom stereocenters. The number of anilines is 1. The third kappa shape index (κ3) is 4.67. The third-order valence-electron chi connectivity index (χ3n) is 4.06. The number of rotatable bonds is 6. The highest BCUT2D eigenvalue weighted by Gasteiger charge is 2.14. The summed E-state index contributed by atoms with van der Waals surface area (Å²) in [5, 5.41) is 13.2. The molecule has 0 fully saturated rings. The Morgan fingerprint density at radius 1 is 1.46 bits per heavy atom. The van der Waals surface area contributed by atoms with E-state index in [0.29, 0.717) is 12.5 Å². The van der Waals surface area contributed by atoms with Crippen molar-refractivity contribution in [2.75, 3.05) is 11.9 Å². The minimum atomic E-state index is -0.200. The van der Waals surface area contributed by atoms with Crippen molar-refractivity contribution in [3.63, 3.8) is 0 Å². The van der Waals surface area contributed by atoms with Gasteiger partial charge >= 0.3 is 6.03 Å². The number of nitrogens with one attached hydrogen (secondary N) is 2. The lowest BCUT2D eigenvalue weighted by Gasteiger charge is -2.19. The lowest BCUT2D eigenvalue weighted by atomic mass is 9.94. The van der Waals surface area contributed by atoms with Gasteiger partial charge in [-0.2, -0.15) is 5.10 Å². The third-order valence-corrected chi connectivity index (χ3v) is 5.08. The van der Waals surface area contributed by atoms with Crippen LogP contribution in [-0.4, -0.2) is 27.3 Å². The fraction of sp³-hybridized carbons (Fsp3) is 0.471. The number of hydrogen-bond donors (Lipinski definition) is 2. The Balaban J connectivity index is 1.46. The van der Waals surface area contributed by atoms with Crippen LogP contribution in [-0.2, 0) is 13.0 Å². The number of hydrogen-bond acceptors (Lipinski definition) is 4. The maximum absolute atomic E-state index is 12.1. The van der Waals surface area contributed by atoms with E-state index in [0.717, 1.165) is 42.3 Å². The molecule has 7 heteroatoms. The zero-order chi connectivity index (χ0) is 16.8. The van der Waals surface area contributed by atoms with E-state index in [-0.39, 0.29) is 6.03 Å². The number of urea groups is 1. The van der Waals surface area contributed by atoms with Crippen molar-refractivity contribution in [3.05, 3.63) is 40.5 Å². The molecule has 1 aliphatic rings. The van der Waals surface area contributed by atoms with Crippen molar-refractivity contribution in [1.82, 2.24) is 20.1 Å². The summed E-state index contributed by atoms with van der Waals surface area (Å²) in [6.45, 7) is 3.38. The van der Waals surface area contributed by atoms with Gasteiger partial charge in [0.05, 0.1) is 11.2 Å². The van der Waals surface area contributed by atoms with Gasteiger partial charge in [-0.3, -0.25) is 5.32 Å². The highest BCUT2D eigenvalue weighted by atomic mass is 32.1. The van der Waals surface area contributed by atoms with Gasteiger partial charge in [-0.1, -0.05) is 12.2 Å². The largest absolute Gasteiger partial charge is 0.337 e. The predicted octanol–water partition coefficient (Wildman–Crippen LogP) is 3.37. The molecule has 0 saturated heterocycles. The minimum absolute atomic E-state index is 0.200. The summed E-state index contributed by atoms with van der Waals surface area (Å²) >= 11 is 1.63. The molecule has 0 aliphatic heterocycles. The number of aromatic nitrogens is 3. The molecule has 24 heavy (non-hydrogen) atoms. The zero-order valence-corrected chi connectivity index (χ0v) is 14.7. The van der Waals surface area contributed by atoms with Gasteiger partial charge < -0.3 is 5.32 Å².